The molecule has 1 aliphatic heterocycles. The van der Waals surface area contributed by atoms with Gasteiger partial charge in [0.15, 0.2) is 0 Å². The maximum absolute atomic E-state index is 4.49. The Morgan fingerprint density at radius 1 is 1.00 bits per heavy atom. The maximum atomic E-state index is 4.49. The van der Waals surface area contributed by atoms with Crippen LogP contribution in [-0.4, -0.2) is 45.9 Å². The van der Waals surface area contributed by atoms with Gasteiger partial charge in [-0.2, -0.15) is 0 Å². The van der Waals surface area contributed by atoms with E-state index < -0.39 is 0 Å². The van der Waals surface area contributed by atoms with Crippen molar-refractivity contribution in [3.05, 3.63) is 59.7 Å². The van der Waals surface area contributed by atoms with Gasteiger partial charge in [-0.15, -0.1) is 0 Å². The minimum atomic E-state index is 0.392. The summed E-state index contributed by atoms with van der Waals surface area (Å²) in [6.45, 7) is 9.74. The van der Waals surface area contributed by atoms with Crippen LogP contribution < -0.4 is 0 Å². The maximum Gasteiger partial charge on any atom is 0.0572 e. The molecule has 0 unspecified atom stereocenters. The molecule has 3 heterocycles. The Bertz CT molecular complexity index is 591. The van der Waals surface area contributed by atoms with Crippen LogP contribution in [0.15, 0.2) is 42.7 Å². The quantitative estimate of drug-likeness (QED) is 0.868. The van der Waals surface area contributed by atoms with E-state index in [1.807, 2.05) is 24.5 Å². The highest BCUT2D eigenvalue weighted by molar-refractivity contribution is 5.18. The number of piperazine rings is 1. The molecule has 0 N–H and O–H groups in total. The fourth-order valence-electron chi connectivity index (χ4n) is 3.04. The van der Waals surface area contributed by atoms with Gasteiger partial charge in [0.05, 0.1) is 5.69 Å². The van der Waals surface area contributed by atoms with Crippen molar-refractivity contribution in [2.45, 2.75) is 26.4 Å². The van der Waals surface area contributed by atoms with E-state index in [2.05, 4.69) is 51.8 Å². The van der Waals surface area contributed by atoms with Crippen LogP contribution in [-0.2, 0) is 6.54 Å². The number of rotatable bonds is 4. The predicted molar refractivity (Wildman–Crippen MR) is 88.5 cm³/mol. The Labute approximate surface area is 132 Å². The van der Waals surface area contributed by atoms with Crippen LogP contribution in [0, 0.1) is 6.92 Å². The van der Waals surface area contributed by atoms with E-state index in [0.717, 1.165) is 38.4 Å². The first-order valence-electron chi connectivity index (χ1n) is 8.02. The number of aromatic nitrogens is 2. The minimum Gasteiger partial charge on any atom is -0.296 e. The van der Waals surface area contributed by atoms with Crippen LogP contribution >= 0.6 is 0 Å². The zero-order valence-corrected chi connectivity index (χ0v) is 13.4. The molecule has 2 aromatic rings. The monoisotopic (exact) mass is 296 g/mol. The molecule has 2 aromatic heterocycles. The van der Waals surface area contributed by atoms with Crippen molar-refractivity contribution in [3.8, 4) is 0 Å². The van der Waals surface area contributed by atoms with Gasteiger partial charge in [-0.1, -0.05) is 12.1 Å². The highest BCUT2D eigenvalue weighted by Crippen LogP contribution is 2.20. The zero-order valence-electron chi connectivity index (χ0n) is 13.4. The van der Waals surface area contributed by atoms with E-state index in [1.165, 1.54) is 11.3 Å². The van der Waals surface area contributed by atoms with E-state index >= 15 is 0 Å². The summed E-state index contributed by atoms with van der Waals surface area (Å²) in [6, 6.07) is 10.8. The van der Waals surface area contributed by atoms with Crippen molar-refractivity contribution in [1.82, 2.24) is 19.8 Å². The van der Waals surface area contributed by atoms with Crippen molar-refractivity contribution in [2.75, 3.05) is 26.2 Å². The largest absolute Gasteiger partial charge is 0.296 e. The molecule has 0 aromatic carbocycles. The lowest BCUT2D eigenvalue weighted by Crippen LogP contribution is -2.46. The molecular formula is C18H24N4. The van der Waals surface area contributed by atoms with Crippen molar-refractivity contribution < 1.29 is 0 Å². The first-order chi connectivity index (χ1) is 10.7. The Kier molecular flexibility index (Phi) is 4.80. The Morgan fingerprint density at radius 3 is 2.45 bits per heavy atom. The standard InChI is InChI=1S/C18H24N4/c1-15-17(6-5-9-19-15)14-21-10-12-22(13-11-21)16(2)18-7-3-4-8-20-18/h3-9,16H,10-14H2,1-2H3/t16-/m0/s1. The fraction of sp³-hybridized carbons (Fsp3) is 0.444. The summed E-state index contributed by atoms with van der Waals surface area (Å²) in [5.41, 5.74) is 3.65. The normalized spacial score (nSPS) is 18.3. The predicted octanol–water partition coefficient (Wildman–Crippen LogP) is 2.66. The van der Waals surface area contributed by atoms with Crippen LogP contribution in [0.5, 0.6) is 0 Å². The Balaban J connectivity index is 1.55. The van der Waals surface area contributed by atoms with Gasteiger partial charge in [-0.05, 0) is 37.6 Å². The molecule has 0 bridgehead atoms. The highest BCUT2D eigenvalue weighted by atomic mass is 15.3. The van der Waals surface area contributed by atoms with E-state index in [9.17, 15) is 0 Å². The third-order valence-corrected chi connectivity index (χ3v) is 4.58. The number of nitrogens with zero attached hydrogens (tertiary/aromatic N) is 4. The lowest BCUT2D eigenvalue weighted by molar-refractivity contribution is 0.0962. The molecule has 0 spiro atoms. The molecule has 1 aliphatic rings. The van der Waals surface area contributed by atoms with Gasteiger partial charge >= 0.3 is 0 Å². The first kappa shape index (κ1) is 15.1. The smallest absolute Gasteiger partial charge is 0.0572 e. The molecule has 1 atom stereocenters. The Hall–Kier alpha value is -1.78. The van der Waals surface area contributed by atoms with E-state index in [1.54, 1.807) is 0 Å². The van der Waals surface area contributed by atoms with Crippen LogP contribution in [0.3, 0.4) is 0 Å². The summed E-state index contributed by atoms with van der Waals surface area (Å²) in [6.07, 6.45) is 3.75. The van der Waals surface area contributed by atoms with Gasteiger partial charge in [0.25, 0.3) is 0 Å². The molecule has 22 heavy (non-hydrogen) atoms. The van der Waals surface area contributed by atoms with Gasteiger partial charge in [-0.3, -0.25) is 19.8 Å². The zero-order chi connectivity index (χ0) is 15.4. The molecule has 0 aliphatic carbocycles. The lowest BCUT2D eigenvalue weighted by atomic mass is 10.1. The average molecular weight is 296 g/mol. The summed E-state index contributed by atoms with van der Waals surface area (Å²) in [5.74, 6) is 0. The molecular weight excluding hydrogens is 272 g/mol. The summed E-state index contributed by atoms with van der Waals surface area (Å²) in [5, 5.41) is 0. The van der Waals surface area contributed by atoms with E-state index in [-0.39, 0.29) is 0 Å². The lowest BCUT2D eigenvalue weighted by Gasteiger charge is -2.38. The van der Waals surface area contributed by atoms with E-state index in [4.69, 9.17) is 0 Å². The SMILES string of the molecule is Cc1ncccc1CN1CCN([C@@H](C)c2ccccn2)CC1. The van der Waals surface area contributed by atoms with Gasteiger partial charge in [-0.25, -0.2) is 0 Å². The number of hydrogen-bond donors (Lipinski definition) is 0. The summed E-state index contributed by atoms with van der Waals surface area (Å²) in [7, 11) is 0. The molecule has 4 nitrogen and oxygen atoms in total. The summed E-state index contributed by atoms with van der Waals surface area (Å²) < 4.78 is 0. The second-order valence-electron chi connectivity index (χ2n) is 5.99. The van der Waals surface area contributed by atoms with Crippen LogP contribution in [0.4, 0.5) is 0 Å². The molecule has 3 rings (SSSR count). The van der Waals surface area contributed by atoms with Gasteiger partial charge in [0, 0.05) is 56.9 Å². The van der Waals surface area contributed by atoms with Crippen LogP contribution in [0.25, 0.3) is 0 Å². The molecule has 0 radical (unpaired) electrons. The third-order valence-electron chi connectivity index (χ3n) is 4.58. The molecule has 0 saturated carbocycles. The van der Waals surface area contributed by atoms with Crippen LogP contribution in [0.1, 0.15) is 29.9 Å². The second kappa shape index (κ2) is 6.99. The van der Waals surface area contributed by atoms with Crippen molar-refractivity contribution in [3.63, 3.8) is 0 Å². The topological polar surface area (TPSA) is 32.3 Å². The molecule has 1 fully saturated rings. The van der Waals surface area contributed by atoms with Crippen molar-refractivity contribution >= 4 is 0 Å². The first-order valence-corrected chi connectivity index (χ1v) is 8.02. The summed E-state index contributed by atoms with van der Waals surface area (Å²) in [4.78, 5) is 13.9. The van der Waals surface area contributed by atoms with Gasteiger partial charge in [0.2, 0.25) is 0 Å². The number of pyridine rings is 2. The van der Waals surface area contributed by atoms with E-state index in [0.29, 0.717) is 6.04 Å². The van der Waals surface area contributed by atoms with Crippen molar-refractivity contribution in [2.24, 2.45) is 0 Å². The number of aryl methyl sites for hydroxylation is 1. The van der Waals surface area contributed by atoms with Crippen LogP contribution in [0.2, 0.25) is 0 Å². The second-order valence-corrected chi connectivity index (χ2v) is 5.99. The Morgan fingerprint density at radius 2 is 1.77 bits per heavy atom. The number of hydrogen-bond acceptors (Lipinski definition) is 4. The van der Waals surface area contributed by atoms with Crippen molar-refractivity contribution in [1.29, 1.82) is 0 Å². The minimum absolute atomic E-state index is 0.392. The average Bonchev–Trinajstić information content (AvgIpc) is 2.58. The molecule has 1 saturated heterocycles. The molecule has 116 valence electrons. The fourth-order valence-corrected chi connectivity index (χ4v) is 3.04. The highest BCUT2D eigenvalue weighted by Gasteiger charge is 2.22. The summed E-state index contributed by atoms with van der Waals surface area (Å²) >= 11 is 0. The molecule has 4 heteroatoms. The van der Waals surface area contributed by atoms with Gasteiger partial charge in [0.1, 0.15) is 0 Å². The van der Waals surface area contributed by atoms with Gasteiger partial charge < -0.3 is 0 Å². The molecule has 0 amide bonds. The third kappa shape index (κ3) is 3.51.